The Kier molecular flexibility index (Phi) is 6.54. The summed E-state index contributed by atoms with van der Waals surface area (Å²) in [6.07, 6.45) is 1.84. The van der Waals surface area contributed by atoms with Gasteiger partial charge in [-0.15, -0.1) is 5.10 Å². The molecule has 0 radical (unpaired) electrons. The molecule has 1 amide bonds. The molecule has 0 atom stereocenters. The minimum absolute atomic E-state index is 0.0111. The number of halogens is 1. The fourth-order valence-electron chi connectivity index (χ4n) is 3.63. The average Bonchev–Trinajstić information content (AvgIpc) is 3.18. The number of rotatable bonds is 6. The van der Waals surface area contributed by atoms with Gasteiger partial charge < -0.3 is 5.32 Å². The number of hydrogen-bond donors (Lipinski definition) is 1. The molecule has 0 saturated carbocycles. The molecule has 3 aromatic rings. The Hall–Kier alpha value is -2.58. The first-order valence-corrected chi connectivity index (χ1v) is 11.0. The third-order valence-electron chi connectivity index (χ3n) is 5.45. The van der Waals surface area contributed by atoms with Crippen LogP contribution in [-0.2, 0) is 13.1 Å². The quantitative estimate of drug-likeness (QED) is 0.600. The van der Waals surface area contributed by atoms with E-state index in [0.717, 1.165) is 36.2 Å². The van der Waals surface area contributed by atoms with E-state index in [1.165, 1.54) is 11.1 Å². The second kappa shape index (κ2) is 9.49. The van der Waals surface area contributed by atoms with E-state index in [1.807, 2.05) is 28.9 Å². The van der Waals surface area contributed by atoms with Crippen LogP contribution in [0.2, 0.25) is 0 Å². The number of nitrogens with zero attached hydrogens (tertiary/aromatic N) is 5. The van der Waals surface area contributed by atoms with E-state index < -0.39 is 0 Å². The fraction of sp³-hybridized carbons (Fsp3) is 0.364. The van der Waals surface area contributed by atoms with Crippen LogP contribution in [-0.4, -0.2) is 50.1 Å². The summed E-state index contributed by atoms with van der Waals surface area (Å²) >= 11 is 3.40. The van der Waals surface area contributed by atoms with Gasteiger partial charge in [0, 0.05) is 29.2 Å². The minimum Gasteiger partial charge on any atom is -0.349 e. The van der Waals surface area contributed by atoms with E-state index in [0.29, 0.717) is 18.7 Å². The Morgan fingerprint density at radius 1 is 1.07 bits per heavy atom. The molecule has 1 saturated heterocycles. The molecule has 1 aliphatic heterocycles. The molecule has 4 rings (SSSR count). The summed E-state index contributed by atoms with van der Waals surface area (Å²) < 4.78 is 2.84. The third kappa shape index (κ3) is 5.31. The predicted octanol–water partition coefficient (Wildman–Crippen LogP) is 3.19. The second-order valence-corrected chi connectivity index (χ2v) is 8.68. The van der Waals surface area contributed by atoms with Crippen LogP contribution in [0.5, 0.6) is 0 Å². The fourth-order valence-corrected chi connectivity index (χ4v) is 3.90. The molecule has 2 aromatic carbocycles. The van der Waals surface area contributed by atoms with Gasteiger partial charge in [-0.2, -0.15) is 0 Å². The van der Waals surface area contributed by atoms with E-state index in [9.17, 15) is 4.79 Å². The van der Waals surface area contributed by atoms with E-state index >= 15 is 0 Å². The maximum absolute atomic E-state index is 12.4. The molecule has 0 spiro atoms. The number of benzene rings is 2. The smallest absolute Gasteiger partial charge is 0.251 e. The van der Waals surface area contributed by atoms with Gasteiger partial charge in [-0.25, -0.2) is 4.68 Å². The van der Waals surface area contributed by atoms with Crippen molar-refractivity contribution in [3.8, 4) is 0 Å². The number of carbonyl (C=O) groups excluding carboxylic acids is 1. The van der Waals surface area contributed by atoms with Crippen LogP contribution in [0.25, 0.3) is 0 Å². The average molecular weight is 469 g/mol. The molecular weight excluding hydrogens is 444 g/mol. The number of likely N-dealkylation sites (tertiary alicyclic amines) is 1. The summed E-state index contributed by atoms with van der Waals surface area (Å²) in [6.45, 7) is 5.27. The van der Waals surface area contributed by atoms with Crippen LogP contribution in [0.3, 0.4) is 0 Å². The van der Waals surface area contributed by atoms with Crippen molar-refractivity contribution < 1.29 is 4.79 Å². The van der Waals surface area contributed by atoms with Crippen molar-refractivity contribution in [3.05, 3.63) is 75.5 Å². The zero-order valence-electron chi connectivity index (χ0n) is 17.0. The zero-order valence-corrected chi connectivity index (χ0v) is 18.5. The topological polar surface area (TPSA) is 75.9 Å². The molecule has 1 N–H and O–H groups in total. The Balaban J connectivity index is 1.28. The summed E-state index contributed by atoms with van der Waals surface area (Å²) in [5, 5.41) is 15.4. The standard InChI is InChI=1S/C22H25BrN6O/c1-16-2-4-17(5-3-16)14-29-21(25-26-27-29)15-28-12-10-20(11-13-28)24-22(30)18-6-8-19(23)9-7-18/h2-9,20H,10-15H2,1H3,(H,24,30). The minimum atomic E-state index is -0.0111. The van der Waals surface area contributed by atoms with E-state index in [-0.39, 0.29) is 11.9 Å². The molecule has 7 nitrogen and oxygen atoms in total. The van der Waals surface area contributed by atoms with Crippen LogP contribution in [0.1, 0.15) is 40.2 Å². The summed E-state index contributed by atoms with van der Waals surface area (Å²) in [6, 6.07) is 16.1. The van der Waals surface area contributed by atoms with Gasteiger partial charge in [-0.05, 0) is 60.0 Å². The summed E-state index contributed by atoms with van der Waals surface area (Å²) in [5.74, 6) is 0.857. The summed E-state index contributed by atoms with van der Waals surface area (Å²) in [4.78, 5) is 14.8. The first-order chi connectivity index (χ1) is 14.6. The third-order valence-corrected chi connectivity index (χ3v) is 5.98. The van der Waals surface area contributed by atoms with Crippen LogP contribution in [0.15, 0.2) is 53.0 Å². The van der Waals surface area contributed by atoms with E-state index in [4.69, 9.17) is 0 Å². The molecule has 1 aromatic heterocycles. The number of aryl methyl sites for hydroxylation is 1. The molecule has 30 heavy (non-hydrogen) atoms. The second-order valence-electron chi connectivity index (χ2n) is 7.77. The van der Waals surface area contributed by atoms with Crippen molar-refractivity contribution in [2.75, 3.05) is 13.1 Å². The molecule has 0 bridgehead atoms. The highest BCUT2D eigenvalue weighted by Gasteiger charge is 2.22. The maximum Gasteiger partial charge on any atom is 0.251 e. The molecule has 1 aliphatic rings. The Labute approximate surface area is 184 Å². The highest BCUT2D eigenvalue weighted by Crippen LogP contribution is 2.15. The van der Waals surface area contributed by atoms with Crippen molar-refractivity contribution in [2.24, 2.45) is 0 Å². The molecule has 0 aliphatic carbocycles. The van der Waals surface area contributed by atoms with Crippen LogP contribution in [0.4, 0.5) is 0 Å². The van der Waals surface area contributed by atoms with Gasteiger partial charge in [0.15, 0.2) is 5.82 Å². The largest absolute Gasteiger partial charge is 0.349 e. The normalized spacial score (nSPS) is 15.3. The van der Waals surface area contributed by atoms with Crippen molar-refractivity contribution in [2.45, 2.75) is 38.9 Å². The van der Waals surface area contributed by atoms with Crippen molar-refractivity contribution in [1.29, 1.82) is 0 Å². The number of hydrogen-bond acceptors (Lipinski definition) is 5. The van der Waals surface area contributed by atoms with Gasteiger partial charge in [-0.1, -0.05) is 45.8 Å². The number of amides is 1. The number of tetrazole rings is 1. The molecule has 156 valence electrons. The lowest BCUT2D eigenvalue weighted by atomic mass is 10.0. The summed E-state index contributed by atoms with van der Waals surface area (Å²) in [5.41, 5.74) is 3.12. The highest BCUT2D eigenvalue weighted by atomic mass is 79.9. The van der Waals surface area contributed by atoms with Crippen LogP contribution in [0, 0.1) is 6.92 Å². The lowest BCUT2D eigenvalue weighted by Crippen LogP contribution is -2.44. The molecule has 1 fully saturated rings. The van der Waals surface area contributed by atoms with E-state index in [2.05, 4.69) is 72.9 Å². The number of aromatic nitrogens is 4. The molecular formula is C22H25BrN6O. The van der Waals surface area contributed by atoms with Crippen molar-refractivity contribution >= 4 is 21.8 Å². The first kappa shape index (κ1) is 20.7. The van der Waals surface area contributed by atoms with Crippen LogP contribution < -0.4 is 5.32 Å². The first-order valence-electron chi connectivity index (χ1n) is 10.2. The van der Waals surface area contributed by atoms with Gasteiger partial charge in [-0.3, -0.25) is 9.69 Å². The zero-order chi connectivity index (χ0) is 20.9. The highest BCUT2D eigenvalue weighted by molar-refractivity contribution is 9.10. The van der Waals surface area contributed by atoms with Crippen molar-refractivity contribution in [3.63, 3.8) is 0 Å². The predicted molar refractivity (Wildman–Crippen MR) is 118 cm³/mol. The number of carbonyl (C=O) groups is 1. The SMILES string of the molecule is Cc1ccc(Cn2nnnc2CN2CCC(NC(=O)c3ccc(Br)cc3)CC2)cc1. The van der Waals surface area contributed by atoms with Gasteiger partial charge in [0.1, 0.15) is 0 Å². The Morgan fingerprint density at radius 2 is 1.77 bits per heavy atom. The monoisotopic (exact) mass is 468 g/mol. The van der Waals surface area contributed by atoms with Gasteiger partial charge >= 0.3 is 0 Å². The van der Waals surface area contributed by atoms with Crippen LogP contribution >= 0.6 is 15.9 Å². The number of nitrogens with one attached hydrogen (secondary N) is 1. The summed E-state index contributed by atoms with van der Waals surface area (Å²) in [7, 11) is 0. The Bertz CT molecular complexity index is 978. The molecule has 2 heterocycles. The molecule has 8 heteroatoms. The number of piperidine rings is 1. The van der Waals surface area contributed by atoms with Gasteiger partial charge in [0.25, 0.3) is 5.91 Å². The lowest BCUT2D eigenvalue weighted by Gasteiger charge is -2.31. The van der Waals surface area contributed by atoms with Gasteiger partial charge in [0.2, 0.25) is 0 Å². The molecule has 0 unspecified atom stereocenters. The Morgan fingerprint density at radius 3 is 2.47 bits per heavy atom. The van der Waals surface area contributed by atoms with Crippen molar-refractivity contribution in [1.82, 2.24) is 30.4 Å². The lowest BCUT2D eigenvalue weighted by molar-refractivity contribution is 0.0907. The van der Waals surface area contributed by atoms with E-state index in [1.54, 1.807) is 0 Å². The van der Waals surface area contributed by atoms with Gasteiger partial charge in [0.05, 0.1) is 13.1 Å². The maximum atomic E-state index is 12.4.